The third kappa shape index (κ3) is 2.81. The van der Waals surface area contributed by atoms with Crippen LogP contribution in [0.4, 0.5) is 0 Å². The average Bonchev–Trinajstić information content (AvgIpc) is 3.31. The van der Waals surface area contributed by atoms with Gasteiger partial charge in [-0.2, -0.15) is 5.26 Å². The molecule has 20 heavy (non-hydrogen) atoms. The SMILES string of the molecule is N#Cc1cccc(C(O)c2cccc(OC3CC3)c2)c1. The summed E-state index contributed by atoms with van der Waals surface area (Å²) in [5, 5.41) is 19.3. The molecule has 1 fully saturated rings. The first kappa shape index (κ1) is 12.7. The Morgan fingerprint density at radius 3 is 2.50 bits per heavy atom. The molecule has 0 aliphatic heterocycles. The standard InChI is InChI=1S/C17H15NO2/c18-11-12-3-1-4-13(9-12)17(19)14-5-2-6-16(10-14)20-15-7-8-15/h1-6,9-10,15,17,19H,7-8H2. The zero-order valence-corrected chi connectivity index (χ0v) is 11.0. The second-order valence-electron chi connectivity index (χ2n) is 5.03. The molecule has 3 rings (SSSR count). The Bertz CT molecular complexity index is 656. The fraction of sp³-hybridized carbons (Fsp3) is 0.235. The van der Waals surface area contributed by atoms with Crippen LogP contribution in [0.25, 0.3) is 0 Å². The van der Waals surface area contributed by atoms with Crippen LogP contribution >= 0.6 is 0 Å². The van der Waals surface area contributed by atoms with Crippen LogP contribution in [0.3, 0.4) is 0 Å². The molecule has 0 aromatic heterocycles. The Morgan fingerprint density at radius 1 is 1.10 bits per heavy atom. The number of ether oxygens (including phenoxy) is 1. The smallest absolute Gasteiger partial charge is 0.120 e. The lowest BCUT2D eigenvalue weighted by Gasteiger charge is -2.13. The topological polar surface area (TPSA) is 53.2 Å². The van der Waals surface area contributed by atoms with E-state index < -0.39 is 6.10 Å². The van der Waals surface area contributed by atoms with Crippen molar-refractivity contribution >= 4 is 0 Å². The molecule has 100 valence electrons. The van der Waals surface area contributed by atoms with Crippen LogP contribution in [-0.4, -0.2) is 11.2 Å². The number of hydrogen-bond donors (Lipinski definition) is 1. The number of rotatable bonds is 4. The summed E-state index contributed by atoms with van der Waals surface area (Å²) in [6, 6.07) is 16.6. The molecular weight excluding hydrogens is 250 g/mol. The maximum Gasteiger partial charge on any atom is 0.120 e. The minimum Gasteiger partial charge on any atom is -0.490 e. The van der Waals surface area contributed by atoms with Crippen molar-refractivity contribution in [2.24, 2.45) is 0 Å². The summed E-state index contributed by atoms with van der Waals surface area (Å²) in [4.78, 5) is 0. The molecule has 0 amide bonds. The largest absolute Gasteiger partial charge is 0.490 e. The van der Waals surface area contributed by atoms with Crippen LogP contribution in [0.15, 0.2) is 48.5 Å². The summed E-state index contributed by atoms with van der Waals surface area (Å²) in [5.41, 5.74) is 2.04. The summed E-state index contributed by atoms with van der Waals surface area (Å²) >= 11 is 0. The van der Waals surface area contributed by atoms with Crippen LogP contribution in [0.1, 0.15) is 35.6 Å². The van der Waals surface area contributed by atoms with Gasteiger partial charge in [-0.1, -0.05) is 24.3 Å². The van der Waals surface area contributed by atoms with Gasteiger partial charge in [0.25, 0.3) is 0 Å². The van der Waals surface area contributed by atoms with E-state index in [-0.39, 0.29) is 0 Å². The van der Waals surface area contributed by atoms with Gasteiger partial charge >= 0.3 is 0 Å². The first-order valence-corrected chi connectivity index (χ1v) is 6.71. The lowest BCUT2D eigenvalue weighted by Crippen LogP contribution is -2.02. The second kappa shape index (κ2) is 5.36. The molecule has 0 bridgehead atoms. The first-order valence-electron chi connectivity index (χ1n) is 6.71. The summed E-state index contributed by atoms with van der Waals surface area (Å²) in [6.45, 7) is 0. The van der Waals surface area contributed by atoms with Crippen LogP contribution in [0, 0.1) is 11.3 Å². The van der Waals surface area contributed by atoms with Crippen LogP contribution < -0.4 is 4.74 Å². The molecule has 3 nitrogen and oxygen atoms in total. The van der Waals surface area contributed by atoms with Gasteiger partial charge in [0.1, 0.15) is 11.9 Å². The van der Waals surface area contributed by atoms with E-state index in [1.54, 1.807) is 18.2 Å². The molecule has 2 aromatic carbocycles. The molecule has 2 aromatic rings. The van der Waals surface area contributed by atoms with Crippen molar-refractivity contribution in [3.63, 3.8) is 0 Å². The maximum absolute atomic E-state index is 10.4. The maximum atomic E-state index is 10.4. The van der Waals surface area contributed by atoms with Gasteiger partial charge in [-0.15, -0.1) is 0 Å². The van der Waals surface area contributed by atoms with E-state index in [0.717, 1.165) is 24.2 Å². The van der Waals surface area contributed by atoms with Crippen LogP contribution in [0.2, 0.25) is 0 Å². The Labute approximate surface area is 118 Å². The number of aliphatic hydroxyl groups is 1. The summed E-state index contributed by atoms with van der Waals surface area (Å²) < 4.78 is 5.73. The van der Waals surface area contributed by atoms with Gasteiger partial charge in [0.05, 0.1) is 17.7 Å². The van der Waals surface area contributed by atoms with Crippen molar-refractivity contribution in [3.05, 3.63) is 65.2 Å². The van der Waals surface area contributed by atoms with E-state index in [1.807, 2.05) is 30.3 Å². The summed E-state index contributed by atoms with van der Waals surface area (Å²) in [6.07, 6.45) is 1.81. The van der Waals surface area contributed by atoms with Crippen molar-refractivity contribution in [2.45, 2.75) is 25.0 Å². The second-order valence-corrected chi connectivity index (χ2v) is 5.03. The fourth-order valence-corrected chi connectivity index (χ4v) is 2.11. The predicted molar refractivity (Wildman–Crippen MR) is 75.3 cm³/mol. The van der Waals surface area contributed by atoms with E-state index in [9.17, 15) is 5.11 Å². The highest BCUT2D eigenvalue weighted by molar-refractivity contribution is 5.39. The molecule has 1 saturated carbocycles. The van der Waals surface area contributed by atoms with Crippen molar-refractivity contribution < 1.29 is 9.84 Å². The van der Waals surface area contributed by atoms with Crippen LogP contribution in [-0.2, 0) is 0 Å². The Kier molecular flexibility index (Phi) is 3.41. The molecule has 3 heteroatoms. The highest BCUT2D eigenvalue weighted by Gasteiger charge is 2.23. The van der Waals surface area contributed by atoms with Gasteiger partial charge in [-0.25, -0.2) is 0 Å². The van der Waals surface area contributed by atoms with Gasteiger partial charge in [-0.05, 0) is 48.2 Å². The average molecular weight is 265 g/mol. The van der Waals surface area contributed by atoms with Crippen molar-refractivity contribution in [1.82, 2.24) is 0 Å². The van der Waals surface area contributed by atoms with E-state index in [4.69, 9.17) is 10.00 Å². The van der Waals surface area contributed by atoms with Gasteiger partial charge < -0.3 is 9.84 Å². The predicted octanol–water partition coefficient (Wildman–Crippen LogP) is 3.18. The molecular formula is C17H15NO2. The van der Waals surface area contributed by atoms with Crippen LogP contribution in [0.5, 0.6) is 5.75 Å². The number of hydrogen-bond acceptors (Lipinski definition) is 3. The molecule has 1 aliphatic rings. The third-order valence-electron chi connectivity index (χ3n) is 3.33. The number of aliphatic hydroxyl groups excluding tert-OH is 1. The van der Waals surface area contributed by atoms with E-state index in [2.05, 4.69) is 6.07 Å². The van der Waals surface area contributed by atoms with Gasteiger partial charge in [0.15, 0.2) is 0 Å². The molecule has 0 spiro atoms. The Hall–Kier alpha value is -2.31. The van der Waals surface area contributed by atoms with E-state index in [0.29, 0.717) is 17.2 Å². The van der Waals surface area contributed by atoms with E-state index >= 15 is 0 Å². The zero-order chi connectivity index (χ0) is 13.9. The van der Waals surface area contributed by atoms with Gasteiger partial charge in [0.2, 0.25) is 0 Å². The minimum absolute atomic E-state index is 0.337. The number of nitrogens with zero attached hydrogens (tertiary/aromatic N) is 1. The molecule has 0 heterocycles. The van der Waals surface area contributed by atoms with E-state index in [1.165, 1.54) is 0 Å². The molecule has 1 aliphatic carbocycles. The number of nitriles is 1. The molecule has 1 atom stereocenters. The monoisotopic (exact) mass is 265 g/mol. The summed E-state index contributed by atoms with van der Waals surface area (Å²) in [7, 11) is 0. The zero-order valence-electron chi connectivity index (χ0n) is 11.0. The highest BCUT2D eigenvalue weighted by atomic mass is 16.5. The van der Waals surface area contributed by atoms with Crippen molar-refractivity contribution in [2.75, 3.05) is 0 Å². The third-order valence-corrected chi connectivity index (χ3v) is 3.33. The van der Waals surface area contributed by atoms with Gasteiger partial charge in [-0.3, -0.25) is 0 Å². The lowest BCUT2D eigenvalue weighted by atomic mass is 10.00. The summed E-state index contributed by atoms with van der Waals surface area (Å²) in [5.74, 6) is 0.792. The lowest BCUT2D eigenvalue weighted by molar-refractivity contribution is 0.219. The molecule has 1 N–H and O–H groups in total. The Balaban J connectivity index is 1.85. The molecule has 0 radical (unpaired) electrons. The van der Waals surface area contributed by atoms with Crippen molar-refractivity contribution in [3.8, 4) is 11.8 Å². The highest BCUT2D eigenvalue weighted by Crippen LogP contribution is 2.30. The first-order chi connectivity index (χ1) is 9.76. The quantitative estimate of drug-likeness (QED) is 0.923. The Morgan fingerprint density at radius 2 is 1.80 bits per heavy atom. The van der Waals surface area contributed by atoms with Crippen molar-refractivity contribution in [1.29, 1.82) is 5.26 Å². The van der Waals surface area contributed by atoms with Gasteiger partial charge in [0, 0.05) is 0 Å². The fourth-order valence-electron chi connectivity index (χ4n) is 2.11. The number of benzene rings is 2. The molecule has 1 unspecified atom stereocenters. The molecule has 0 saturated heterocycles. The minimum atomic E-state index is -0.744. The normalized spacial score (nSPS) is 15.4.